The first kappa shape index (κ1) is 9.49. The second-order valence-electron chi connectivity index (χ2n) is 2.81. The molecule has 66 valence electrons. The molecule has 0 saturated carbocycles. The van der Waals surface area contributed by atoms with Gasteiger partial charge in [-0.1, -0.05) is 24.6 Å². The van der Waals surface area contributed by atoms with Gasteiger partial charge in [0.25, 0.3) is 0 Å². The van der Waals surface area contributed by atoms with Gasteiger partial charge in [-0.25, -0.2) is 4.39 Å². The van der Waals surface area contributed by atoms with E-state index >= 15 is 0 Å². The minimum atomic E-state index is -0.385. The summed E-state index contributed by atoms with van der Waals surface area (Å²) in [5, 5.41) is 0.160. The molecule has 0 spiro atoms. The van der Waals surface area contributed by atoms with Crippen LogP contribution in [0.4, 0.5) is 4.39 Å². The molecule has 0 aliphatic heterocycles. The molecule has 0 bridgehead atoms. The van der Waals surface area contributed by atoms with Crippen LogP contribution >= 0.6 is 11.6 Å². The third kappa shape index (κ3) is 1.96. The van der Waals surface area contributed by atoms with E-state index in [1.165, 1.54) is 6.07 Å². The lowest BCUT2D eigenvalue weighted by molar-refractivity contribution is 0.626. The van der Waals surface area contributed by atoms with Crippen molar-refractivity contribution in [1.82, 2.24) is 0 Å². The topological polar surface area (TPSA) is 26.0 Å². The average molecular weight is 188 g/mol. The molecule has 1 atom stereocenters. The lowest BCUT2D eigenvalue weighted by atomic mass is 10.0. The minimum Gasteiger partial charge on any atom is -0.330 e. The molecule has 1 aromatic carbocycles. The van der Waals surface area contributed by atoms with Crippen LogP contribution in [0.5, 0.6) is 0 Å². The van der Waals surface area contributed by atoms with Gasteiger partial charge in [-0.05, 0) is 30.2 Å². The second-order valence-corrected chi connectivity index (χ2v) is 3.22. The van der Waals surface area contributed by atoms with Gasteiger partial charge in [0.05, 0.1) is 5.02 Å². The van der Waals surface area contributed by atoms with Crippen molar-refractivity contribution in [2.75, 3.05) is 6.54 Å². The molecular formula is C9H11ClFN. The quantitative estimate of drug-likeness (QED) is 0.757. The summed E-state index contributed by atoms with van der Waals surface area (Å²) in [5.41, 5.74) is 6.43. The Balaban J connectivity index is 2.96. The molecule has 0 aliphatic carbocycles. The van der Waals surface area contributed by atoms with Gasteiger partial charge in [0.1, 0.15) is 5.82 Å². The van der Waals surface area contributed by atoms with Gasteiger partial charge in [-0.2, -0.15) is 0 Å². The molecule has 0 amide bonds. The van der Waals surface area contributed by atoms with Gasteiger partial charge in [0, 0.05) is 0 Å². The third-order valence-corrected chi connectivity index (χ3v) is 2.16. The summed E-state index contributed by atoms with van der Waals surface area (Å²) in [6, 6.07) is 4.69. The summed E-state index contributed by atoms with van der Waals surface area (Å²) >= 11 is 5.60. The molecule has 1 nitrogen and oxygen atoms in total. The molecule has 0 radical (unpaired) electrons. The van der Waals surface area contributed by atoms with E-state index in [0.717, 1.165) is 5.56 Å². The Morgan fingerprint density at radius 2 is 2.25 bits per heavy atom. The van der Waals surface area contributed by atoms with E-state index in [1.54, 1.807) is 12.1 Å². The Morgan fingerprint density at radius 1 is 1.58 bits per heavy atom. The largest absolute Gasteiger partial charge is 0.330 e. The minimum absolute atomic E-state index is 0.160. The first-order valence-corrected chi connectivity index (χ1v) is 4.18. The fraction of sp³-hybridized carbons (Fsp3) is 0.333. The maximum absolute atomic E-state index is 12.7. The van der Waals surface area contributed by atoms with Crippen LogP contribution in [0.25, 0.3) is 0 Å². The molecule has 0 aliphatic rings. The van der Waals surface area contributed by atoms with E-state index in [4.69, 9.17) is 17.3 Å². The first-order chi connectivity index (χ1) is 5.65. The van der Waals surface area contributed by atoms with Crippen LogP contribution in [0.15, 0.2) is 18.2 Å². The lowest BCUT2D eigenvalue weighted by Crippen LogP contribution is -2.08. The summed E-state index contributed by atoms with van der Waals surface area (Å²) in [7, 11) is 0. The maximum Gasteiger partial charge on any atom is 0.141 e. The van der Waals surface area contributed by atoms with Crippen molar-refractivity contribution in [1.29, 1.82) is 0 Å². The van der Waals surface area contributed by atoms with Crippen LogP contribution in [0, 0.1) is 5.82 Å². The summed E-state index contributed by atoms with van der Waals surface area (Å²) < 4.78 is 12.7. The fourth-order valence-corrected chi connectivity index (χ4v) is 1.14. The van der Waals surface area contributed by atoms with Crippen molar-refractivity contribution in [2.45, 2.75) is 12.8 Å². The predicted molar refractivity (Wildman–Crippen MR) is 48.9 cm³/mol. The van der Waals surface area contributed by atoms with Gasteiger partial charge in [-0.3, -0.25) is 0 Å². The van der Waals surface area contributed by atoms with E-state index in [2.05, 4.69) is 0 Å². The van der Waals surface area contributed by atoms with Crippen LogP contribution in [0.3, 0.4) is 0 Å². The van der Waals surface area contributed by atoms with E-state index in [1.807, 2.05) is 6.92 Å². The monoisotopic (exact) mass is 187 g/mol. The van der Waals surface area contributed by atoms with Gasteiger partial charge >= 0.3 is 0 Å². The SMILES string of the molecule is CC(CN)c1ccc(F)c(Cl)c1. The fourth-order valence-electron chi connectivity index (χ4n) is 0.955. The zero-order valence-corrected chi connectivity index (χ0v) is 7.61. The third-order valence-electron chi connectivity index (χ3n) is 1.87. The number of benzene rings is 1. The van der Waals surface area contributed by atoms with Crippen LogP contribution in [0.2, 0.25) is 5.02 Å². The highest BCUT2D eigenvalue weighted by atomic mass is 35.5. The predicted octanol–water partition coefficient (Wildman–Crippen LogP) is 2.54. The van der Waals surface area contributed by atoms with Gasteiger partial charge < -0.3 is 5.73 Å². The molecular weight excluding hydrogens is 177 g/mol. The van der Waals surface area contributed by atoms with Gasteiger partial charge in [0.15, 0.2) is 0 Å². The normalized spacial score (nSPS) is 13.0. The molecule has 3 heteroatoms. The van der Waals surface area contributed by atoms with Crippen LogP contribution < -0.4 is 5.73 Å². The van der Waals surface area contributed by atoms with Crippen LogP contribution in [-0.2, 0) is 0 Å². The van der Waals surface area contributed by atoms with Crippen LogP contribution in [0.1, 0.15) is 18.4 Å². The average Bonchev–Trinajstić information content (AvgIpc) is 2.08. The standard InChI is InChI=1S/C9H11ClFN/c1-6(5-12)7-2-3-9(11)8(10)4-7/h2-4,6H,5,12H2,1H3. The Hall–Kier alpha value is -0.600. The van der Waals surface area contributed by atoms with Crippen LogP contribution in [-0.4, -0.2) is 6.54 Å². The Kier molecular flexibility index (Phi) is 3.06. The van der Waals surface area contributed by atoms with Crippen molar-refractivity contribution in [3.05, 3.63) is 34.6 Å². The summed E-state index contributed by atoms with van der Waals surface area (Å²) in [6.45, 7) is 2.52. The highest BCUT2D eigenvalue weighted by molar-refractivity contribution is 6.30. The number of rotatable bonds is 2. The Labute approximate surface area is 76.3 Å². The molecule has 0 saturated heterocycles. The zero-order chi connectivity index (χ0) is 9.14. The molecule has 2 N–H and O–H groups in total. The number of nitrogens with two attached hydrogens (primary N) is 1. The van der Waals surface area contributed by atoms with E-state index < -0.39 is 0 Å². The second kappa shape index (κ2) is 3.87. The van der Waals surface area contributed by atoms with Crippen molar-refractivity contribution < 1.29 is 4.39 Å². The van der Waals surface area contributed by atoms with Gasteiger partial charge in [0.2, 0.25) is 0 Å². The highest BCUT2D eigenvalue weighted by Crippen LogP contribution is 2.21. The smallest absolute Gasteiger partial charge is 0.141 e. The van der Waals surface area contributed by atoms with E-state index in [9.17, 15) is 4.39 Å². The lowest BCUT2D eigenvalue weighted by Gasteiger charge is -2.08. The summed E-state index contributed by atoms with van der Waals surface area (Å²) in [5.74, 6) is -0.160. The van der Waals surface area contributed by atoms with Crippen molar-refractivity contribution in [3.8, 4) is 0 Å². The molecule has 1 unspecified atom stereocenters. The first-order valence-electron chi connectivity index (χ1n) is 3.80. The maximum atomic E-state index is 12.7. The van der Waals surface area contributed by atoms with E-state index in [0.29, 0.717) is 6.54 Å². The number of halogens is 2. The molecule has 0 aromatic heterocycles. The molecule has 12 heavy (non-hydrogen) atoms. The zero-order valence-electron chi connectivity index (χ0n) is 6.85. The summed E-state index contributed by atoms with van der Waals surface area (Å²) in [6.07, 6.45) is 0. The summed E-state index contributed by atoms with van der Waals surface area (Å²) in [4.78, 5) is 0. The highest BCUT2D eigenvalue weighted by Gasteiger charge is 2.05. The van der Waals surface area contributed by atoms with Crippen molar-refractivity contribution >= 4 is 11.6 Å². The van der Waals surface area contributed by atoms with Crippen molar-refractivity contribution in [2.24, 2.45) is 5.73 Å². The number of hydrogen-bond acceptors (Lipinski definition) is 1. The molecule has 0 heterocycles. The Morgan fingerprint density at radius 3 is 2.75 bits per heavy atom. The molecule has 1 aromatic rings. The van der Waals surface area contributed by atoms with Crippen molar-refractivity contribution in [3.63, 3.8) is 0 Å². The Bertz CT molecular complexity index is 275. The molecule has 1 rings (SSSR count). The number of hydrogen-bond donors (Lipinski definition) is 1. The molecule has 0 fully saturated rings. The van der Waals surface area contributed by atoms with Gasteiger partial charge in [-0.15, -0.1) is 0 Å². The van der Waals surface area contributed by atoms with E-state index in [-0.39, 0.29) is 16.8 Å².